The number of benzene rings is 1. The highest BCUT2D eigenvalue weighted by Gasteiger charge is 2.42. The number of ether oxygens (including phenoxy) is 1. The number of hydrogen-bond acceptors (Lipinski definition) is 6. The Hall–Kier alpha value is -2.84. The van der Waals surface area contributed by atoms with Crippen molar-refractivity contribution >= 4 is 11.8 Å². The number of Topliss-reactive ketones (excluding diaryl/α,β-unsaturated/α-hetero) is 1. The van der Waals surface area contributed by atoms with Gasteiger partial charge in [-0.3, -0.25) is 4.79 Å². The number of rotatable bonds is 6. The molecule has 1 aliphatic heterocycles. The van der Waals surface area contributed by atoms with Crippen molar-refractivity contribution in [2.75, 3.05) is 13.3 Å². The SMILES string of the molecule is Cc1nc(C(=O)Cc2ccc(F)c([C@]3(CF)C[C@@H](CF)OC(N)=N3)c2)co1. The topological polar surface area (TPSA) is 90.7 Å². The maximum absolute atomic E-state index is 14.5. The van der Waals surface area contributed by atoms with Crippen LogP contribution in [0.1, 0.15) is 33.9 Å². The fourth-order valence-electron chi connectivity index (χ4n) is 3.09. The Kier molecular flexibility index (Phi) is 5.20. The van der Waals surface area contributed by atoms with E-state index in [9.17, 15) is 18.0 Å². The number of aromatic nitrogens is 1. The zero-order valence-electron chi connectivity index (χ0n) is 14.5. The first kappa shape index (κ1) is 18.9. The van der Waals surface area contributed by atoms with E-state index in [2.05, 4.69) is 9.98 Å². The van der Waals surface area contributed by atoms with Crippen LogP contribution < -0.4 is 5.73 Å². The molecule has 0 unspecified atom stereocenters. The molecule has 1 aromatic carbocycles. The van der Waals surface area contributed by atoms with E-state index in [4.69, 9.17) is 14.9 Å². The molecular weight excluding hydrogens is 363 g/mol. The van der Waals surface area contributed by atoms with Crippen LogP contribution >= 0.6 is 0 Å². The van der Waals surface area contributed by atoms with E-state index < -0.39 is 36.8 Å². The minimum atomic E-state index is -1.70. The van der Waals surface area contributed by atoms with Gasteiger partial charge in [-0.1, -0.05) is 6.07 Å². The van der Waals surface area contributed by atoms with Gasteiger partial charge in [-0.2, -0.15) is 0 Å². The van der Waals surface area contributed by atoms with Crippen molar-refractivity contribution in [1.82, 2.24) is 4.98 Å². The summed E-state index contributed by atoms with van der Waals surface area (Å²) in [5, 5.41) is 0. The van der Waals surface area contributed by atoms with Crippen LogP contribution in [0.4, 0.5) is 13.2 Å². The molecule has 2 aromatic rings. The van der Waals surface area contributed by atoms with Crippen LogP contribution in [0, 0.1) is 12.7 Å². The smallest absolute Gasteiger partial charge is 0.283 e. The van der Waals surface area contributed by atoms with Gasteiger partial charge < -0.3 is 14.9 Å². The highest BCUT2D eigenvalue weighted by molar-refractivity contribution is 5.95. The third-order valence-corrected chi connectivity index (χ3v) is 4.37. The monoisotopic (exact) mass is 381 g/mol. The van der Waals surface area contributed by atoms with Gasteiger partial charge in [-0.25, -0.2) is 23.1 Å². The Labute approximate surface area is 153 Å². The van der Waals surface area contributed by atoms with Gasteiger partial charge in [-0.15, -0.1) is 0 Å². The van der Waals surface area contributed by atoms with Gasteiger partial charge >= 0.3 is 0 Å². The first-order valence-electron chi connectivity index (χ1n) is 8.25. The van der Waals surface area contributed by atoms with Crippen LogP contribution in [-0.4, -0.2) is 36.2 Å². The van der Waals surface area contributed by atoms with E-state index in [1.165, 1.54) is 18.4 Å². The summed E-state index contributed by atoms with van der Waals surface area (Å²) in [6.45, 7) is -0.403. The van der Waals surface area contributed by atoms with Crippen LogP contribution in [0.5, 0.6) is 0 Å². The van der Waals surface area contributed by atoms with Gasteiger partial charge in [0.15, 0.2) is 11.7 Å². The molecular formula is C18H18F3N3O3. The molecule has 0 radical (unpaired) electrons. The molecule has 144 valence electrons. The largest absolute Gasteiger partial charge is 0.459 e. The number of oxazole rings is 1. The third kappa shape index (κ3) is 3.81. The molecule has 0 fully saturated rings. The lowest BCUT2D eigenvalue weighted by atomic mass is 9.84. The number of nitrogens with zero attached hydrogens (tertiary/aromatic N) is 2. The average molecular weight is 381 g/mol. The Balaban J connectivity index is 1.94. The molecule has 0 saturated carbocycles. The van der Waals surface area contributed by atoms with Crippen molar-refractivity contribution in [3.8, 4) is 0 Å². The van der Waals surface area contributed by atoms with Crippen molar-refractivity contribution in [2.45, 2.75) is 31.4 Å². The minimum absolute atomic E-state index is 0.0934. The summed E-state index contributed by atoms with van der Waals surface area (Å²) >= 11 is 0. The zero-order valence-corrected chi connectivity index (χ0v) is 14.5. The Bertz CT molecular complexity index is 884. The van der Waals surface area contributed by atoms with Crippen molar-refractivity contribution in [3.63, 3.8) is 0 Å². The highest BCUT2D eigenvalue weighted by atomic mass is 19.1. The summed E-state index contributed by atoms with van der Waals surface area (Å²) in [6, 6.07) is 3.47. The van der Waals surface area contributed by atoms with Crippen LogP contribution in [-0.2, 0) is 16.7 Å². The van der Waals surface area contributed by atoms with Crippen molar-refractivity contribution in [1.29, 1.82) is 0 Å². The molecule has 0 spiro atoms. The van der Waals surface area contributed by atoms with Gasteiger partial charge in [0.1, 0.15) is 42.8 Å². The molecule has 6 nitrogen and oxygen atoms in total. The lowest BCUT2D eigenvalue weighted by Crippen LogP contribution is -2.43. The van der Waals surface area contributed by atoms with E-state index in [-0.39, 0.29) is 29.9 Å². The second-order valence-corrected chi connectivity index (χ2v) is 6.38. The van der Waals surface area contributed by atoms with Crippen molar-refractivity contribution < 1.29 is 27.1 Å². The van der Waals surface area contributed by atoms with Gasteiger partial charge in [0.2, 0.25) is 0 Å². The van der Waals surface area contributed by atoms with Gasteiger partial charge in [-0.05, 0) is 17.7 Å². The summed E-state index contributed by atoms with van der Waals surface area (Å²) in [5.41, 5.74) is 4.31. The van der Waals surface area contributed by atoms with E-state index in [1.54, 1.807) is 6.92 Å². The highest BCUT2D eigenvalue weighted by Crippen LogP contribution is 2.37. The van der Waals surface area contributed by atoms with Crippen molar-refractivity contribution in [3.05, 3.63) is 53.0 Å². The normalized spacial score (nSPS) is 22.2. The summed E-state index contributed by atoms with van der Waals surface area (Å²) in [7, 11) is 0. The zero-order chi connectivity index (χ0) is 19.6. The molecule has 3 rings (SSSR count). The molecule has 2 heterocycles. The molecule has 0 aliphatic carbocycles. The standard InChI is InChI=1S/C18H18F3N3O3/c1-10-23-15(8-26-10)16(25)5-11-2-3-14(21)13(4-11)18(9-20)6-12(7-19)27-17(22)24-18/h2-4,8,12H,5-7,9H2,1H3,(H2,22,24)/t12-,18+/m0/s1. The maximum Gasteiger partial charge on any atom is 0.283 e. The number of nitrogens with two attached hydrogens (primary N) is 1. The number of aryl methyl sites for hydroxylation is 1. The van der Waals surface area contributed by atoms with Gasteiger partial charge in [0.05, 0.1) is 0 Å². The molecule has 0 saturated heterocycles. The number of hydrogen-bond donors (Lipinski definition) is 1. The van der Waals surface area contributed by atoms with Crippen LogP contribution in [0.15, 0.2) is 33.9 Å². The van der Waals surface area contributed by atoms with Crippen LogP contribution in [0.2, 0.25) is 0 Å². The molecule has 27 heavy (non-hydrogen) atoms. The first-order valence-corrected chi connectivity index (χ1v) is 8.25. The van der Waals surface area contributed by atoms with Crippen LogP contribution in [0.25, 0.3) is 0 Å². The maximum atomic E-state index is 14.5. The summed E-state index contributed by atoms with van der Waals surface area (Å²) < 4.78 is 51.5. The number of carbonyl (C=O) groups is 1. The molecule has 2 atom stereocenters. The average Bonchev–Trinajstić information content (AvgIpc) is 3.09. The second kappa shape index (κ2) is 7.42. The second-order valence-electron chi connectivity index (χ2n) is 6.38. The van der Waals surface area contributed by atoms with Crippen molar-refractivity contribution in [2.24, 2.45) is 10.7 Å². The summed E-state index contributed by atoms with van der Waals surface area (Å²) in [5.74, 6) is -0.716. The number of amidine groups is 1. The van der Waals surface area contributed by atoms with Gasteiger partial charge in [0.25, 0.3) is 6.02 Å². The Morgan fingerprint density at radius 2 is 2.19 bits per heavy atom. The lowest BCUT2D eigenvalue weighted by molar-refractivity contribution is 0.0781. The van der Waals surface area contributed by atoms with E-state index in [1.807, 2.05) is 0 Å². The summed E-state index contributed by atoms with van der Waals surface area (Å²) in [6.07, 6.45) is -0.0944. The quantitative estimate of drug-likeness (QED) is 0.777. The Morgan fingerprint density at radius 1 is 1.41 bits per heavy atom. The molecule has 1 aromatic heterocycles. The number of halogens is 3. The molecule has 9 heteroatoms. The molecule has 0 bridgehead atoms. The van der Waals surface area contributed by atoms with E-state index >= 15 is 0 Å². The van der Waals surface area contributed by atoms with E-state index in [0.29, 0.717) is 11.5 Å². The molecule has 2 N–H and O–H groups in total. The fraction of sp³-hybridized carbons (Fsp3) is 0.389. The molecule has 0 amide bonds. The van der Waals surface area contributed by atoms with Crippen LogP contribution in [0.3, 0.4) is 0 Å². The number of aliphatic imine (C=N–C) groups is 1. The predicted octanol–water partition coefficient (Wildman–Crippen LogP) is 2.79. The number of alkyl halides is 2. The lowest BCUT2D eigenvalue weighted by Gasteiger charge is -2.35. The summed E-state index contributed by atoms with van der Waals surface area (Å²) in [4.78, 5) is 20.2. The Morgan fingerprint density at radius 3 is 2.81 bits per heavy atom. The van der Waals surface area contributed by atoms with Gasteiger partial charge in [0, 0.05) is 25.3 Å². The number of ketones is 1. The fourth-order valence-corrected chi connectivity index (χ4v) is 3.09. The molecule has 1 aliphatic rings. The predicted molar refractivity (Wildman–Crippen MR) is 90.4 cm³/mol. The first-order chi connectivity index (χ1) is 12.9. The number of carbonyl (C=O) groups excluding carboxylic acids is 1. The third-order valence-electron chi connectivity index (χ3n) is 4.37. The van der Waals surface area contributed by atoms with E-state index in [0.717, 1.165) is 6.07 Å². The minimum Gasteiger partial charge on any atom is -0.459 e.